The summed E-state index contributed by atoms with van der Waals surface area (Å²) in [6, 6.07) is 8.84. The summed E-state index contributed by atoms with van der Waals surface area (Å²) in [5.41, 5.74) is 8.81. The van der Waals surface area contributed by atoms with Gasteiger partial charge in [-0.15, -0.1) is 0 Å². The number of nitrogen functional groups attached to an aromatic ring is 1. The molecule has 0 fully saturated rings. The third-order valence-electron chi connectivity index (χ3n) is 3.32. The van der Waals surface area contributed by atoms with Gasteiger partial charge >= 0.3 is 0 Å². The number of rotatable bonds is 5. The third kappa shape index (κ3) is 3.80. The molecule has 1 heterocycles. The number of anilines is 1. The second-order valence-electron chi connectivity index (χ2n) is 4.94. The Labute approximate surface area is 125 Å². The number of pyridine rings is 1. The van der Waals surface area contributed by atoms with Crippen molar-refractivity contribution in [3.05, 3.63) is 53.3 Å². The standard InChI is InChI=1S/C15H19N3O2S/c1-11-9-14(16)15(10-12(11)2)21(19,20)18-8-6-13-5-3-4-7-17-13/h3-5,7,9-10,18H,6,8,16H2,1-2H3. The van der Waals surface area contributed by atoms with Crippen LogP contribution in [0, 0.1) is 13.8 Å². The van der Waals surface area contributed by atoms with Gasteiger partial charge in [0.15, 0.2) is 0 Å². The maximum Gasteiger partial charge on any atom is 0.242 e. The first-order chi connectivity index (χ1) is 9.90. The molecule has 0 unspecified atom stereocenters. The van der Waals surface area contributed by atoms with Gasteiger partial charge in [0.05, 0.1) is 5.69 Å². The fraction of sp³-hybridized carbons (Fsp3) is 0.267. The predicted octanol–water partition coefficient (Wildman–Crippen LogP) is 1.80. The highest BCUT2D eigenvalue weighted by Gasteiger charge is 2.18. The van der Waals surface area contributed by atoms with E-state index < -0.39 is 10.0 Å². The van der Waals surface area contributed by atoms with Gasteiger partial charge in [-0.25, -0.2) is 13.1 Å². The van der Waals surface area contributed by atoms with Crippen LogP contribution in [0.25, 0.3) is 0 Å². The minimum atomic E-state index is -3.60. The maximum absolute atomic E-state index is 12.3. The third-order valence-corrected chi connectivity index (χ3v) is 4.83. The molecule has 0 saturated carbocycles. The molecular formula is C15H19N3O2S. The molecule has 3 N–H and O–H groups in total. The van der Waals surface area contributed by atoms with E-state index in [1.807, 2.05) is 32.0 Å². The molecule has 0 atom stereocenters. The monoisotopic (exact) mass is 305 g/mol. The molecule has 6 heteroatoms. The van der Waals surface area contributed by atoms with Gasteiger partial charge in [0.2, 0.25) is 10.0 Å². The zero-order chi connectivity index (χ0) is 15.5. The van der Waals surface area contributed by atoms with E-state index in [1.165, 1.54) is 0 Å². The molecule has 0 spiro atoms. The Kier molecular flexibility index (Phi) is 4.59. The number of aryl methyl sites for hydroxylation is 2. The molecule has 2 rings (SSSR count). The van der Waals surface area contributed by atoms with Crippen molar-refractivity contribution in [3.63, 3.8) is 0 Å². The summed E-state index contributed by atoms with van der Waals surface area (Å²) in [5, 5.41) is 0. The van der Waals surface area contributed by atoms with Gasteiger partial charge in [0.1, 0.15) is 4.90 Å². The number of nitrogens with zero attached hydrogens (tertiary/aromatic N) is 1. The minimum Gasteiger partial charge on any atom is -0.398 e. The molecule has 0 aliphatic carbocycles. The Balaban J connectivity index is 2.10. The van der Waals surface area contributed by atoms with Gasteiger partial charge in [-0.1, -0.05) is 6.07 Å². The number of hydrogen-bond acceptors (Lipinski definition) is 4. The second kappa shape index (κ2) is 6.24. The van der Waals surface area contributed by atoms with E-state index in [0.29, 0.717) is 6.42 Å². The summed E-state index contributed by atoms with van der Waals surface area (Å²) >= 11 is 0. The molecule has 0 saturated heterocycles. The average molecular weight is 305 g/mol. The second-order valence-corrected chi connectivity index (χ2v) is 6.68. The largest absolute Gasteiger partial charge is 0.398 e. The molecule has 0 radical (unpaired) electrons. The van der Waals surface area contributed by atoms with Gasteiger partial charge in [-0.3, -0.25) is 4.98 Å². The van der Waals surface area contributed by atoms with Crippen molar-refractivity contribution >= 4 is 15.7 Å². The zero-order valence-electron chi connectivity index (χ0n) is 12.1. The fourth-order valence-corrected chi connectivity index (χ4v) is 3.21. The van der Waals surface area contributed by atoms with Gasteiger partial charge in [-0.2, -0.15) is 0 Å². The lowest BCUT2D eigenvalue weighted by molar-refractivity contribution is 0.581. The average Bonchev–Trinajstić information content (AvgIpc) is 2.43. The molecule has 0 aliphatic heterocycles. The van der Waals surface area contributed by atoms with Crippen LogP contribution in [-0.4, -0.2) is 19.9 Å². The van der Waals surface area contributed by atoms with Gasteiger partial charge in [0, 0.05) is 24.9 Å². The molecule has 0 bridgehead atoms. The molecule has 112 valence electrons. The van der Waals surface area contributed by atoms with Crippen molar-refractivity contribution in [1.29, 1.82) is 0 Å². The van der Waals surface area contributed by atoms with E-state index in [1.54, 1.807) is 18.3 Å². The van der Waals surface area contributed by atoms with Gasteiger partial charge in [-0.05, 0) is 49.2 Å². The Morgan fingerprint density at radius 3 is 2.57 bits per heavy atom. The van der Waals surface area contributed by atoms with E-state index in [4.69, 9.17) is 5.73 Å². The van der Waals surface area contributed by atoms with Crippen molar-refractivity contribution in [2.24, 2.45) is 0 Å². The van der Waals surface area contributed by atoms with Crippen LogP contribution in [0.2, 0.25) is 0 Å². The smallest absolute Gasteiger partial charge is 0.242 e. The quantitative estimate of drug-likeness (QED) is 0.825. The molecular weight excluding hydrogens is 286 g/mol. The van der Waals surface area contributed by atoms with Crippen LogP contribution < -0.4 is 10.5 Å². The normalized spacial score (nSPS) is 11.5. The predicted molar refractivity (Wildman–Crippen MR) is 83.5 cm³/mol. The number of sulfonamides is 1. The molecule has 1 aromatic heterocycles. The summed E-state index contributed by atoms with van der Waals surface area (Å²) in [5.74, 6) is 0. The van der Waals surface area contributed by atoms with E-state index in [-0.39, 0.29) is 17.1 Å². The first-order valence-corrected chi connectivity index (χ1v) is 8.15. The van der Waals surface area contributed by atoms with Crippen molar-refractivity contribution in [2.75, 3.05) is 12.3 Å². The van der Waals surface area contributed by atoms with Crippen LogP contribution in [0.3, 0.4) is 0 Å². The van der Waals surface area contributed by atoms with Crippen LogP contribution in [0.4, 0.5) is 5.69 Å². The molecule has 2 aromatic rings. The van der Waals surface area contributed by atoms with E-state index in [0.717, 1.165) is 16.8 Å². The Hall–Kier alpha value is -1.92. The van der Waals surface area contributed by atoms with Crippen LogP contribution >= 0.6 is 0 Å². The van der Waals surface area contributed by atoms with Crippen LogP contribution in [0.15, 0.2) is 41.4 Å². The highest BCUT2D eigenvalue weighted by Crippen LogP contribution is 2.22. The van der Waals surface area contributed by atoms with Crippen LogP contribution in [-0.2, 0) is 16.4 Å². The van der Waals surface area contributed by atoms with Crippen LogP contribution in [0.5, 0.6) is 0 Å². The van der Waals surface area contributed by atoms with Crippen molar-refractivity contribution in [2.45, 2.75) is 25.2 Å². The van der Waals surface area contributed by atoms with Crippen molar-refractivity contribution in [1.82, 2.24) is 9.71 Å². The molecule has 1 aromatic carbocycles. The lowest BCUT2D eigenvalue weighted by Gasteiger charge is -2.11. The molecule has 0 amide bonds. The highest BCUT2D eigenvalue weighted by atomic mass is 32.2. The summed E-state index contributed by atoms with van der Waals surface area (Å²) in [7, 11) is -3.60. The maximum atomic E-state index is 12.3. The Morgan fingerprint density at radius 1 is 1.19 bits per heavy atom. The number of benzene rings is 1. The molecule has 5 nitrogen and oxygen atoms in total. The lowest BCUT2D eigenvalue weighted by atomic mass is 10.1. The van der Waals surface area contributed by atoms with E-state index in [2.05, 4.69) is 9.71 Å². The summed E-state index contributed by atoms with van der Waals surface area (Å²) in [6.45, 7) is 4.05. The van der Waals surface area contributed by atoms with Gasteiger partial charge < -0.3 is 5.73 Å². The van der Waals surface area contributed by atoms with Crippen LogP contribution in [0.1, 0.15) is 16.8 Å². The van der Waals surface area contributed by atoms with E-state index in [9.17, 15) is 8.42 Å². The number of hydrogen-bond donors (Lipinski definition) is 2. The SMILES string of the molecule is Cc1cc(N)c(S(=O)(=O)NCCc2ccccn2)cc1C. The highest BCUT2D eigenvalue weighted by molar-refractivity contribution is 7.89. The fourth-order valence-electron chi connectivity index (χ4n) is 1.98. The number of nitrogens with two attached hydrogens (primary N) is 1. The lowest BCUT2D eigenvalue weighted by Crippen LogP contribution is -2.27. The van der Waals surface area contributed by atoms with Gasteiger partial charge in [0.25, 0.3) is 0 Å². The van der Waals surface area contributed by atoms with Crippen molar-refractivity contribution < 1.29 is 8.42 Å². The van der Waals surface area contributed by atoms with E-state index >= 15 is 0 Å². The number of nitrogens with one attached hydrogen (secondary N) is 1. The summed E-state index contributed by atoms with van der Waals surface area (Å²) in [4.78, 5) is 4.29. The molecule has 0 aliphatic rings. The first kappa shape index (κ1) is 15.5. The Bertz CT molecular complexity index is 728. The topological polar surface area (TPSA) is 85.1 Å². The molecule has 21 heavy (non-hydrogen) atoms. The Morgan fingerprint density at radius 2 is 1.90 bits per heavy atom. The minimum absolute atomic E-state index is 0.131. The summed E-state index contributed by atoms with van der Waals surface area (Å²) in [6.07, 6.45) is 2.22. The van der Waals surface area contributed by atoms with Crippen molar-refractivity contribution in [3.8, 4) is 0 Å². The number of aromatic nitrogens is 1. The summed E-state index contributed by atoms with van der Waals surface area (Å²) < 4.78 is 27.2. The first-order valence-electron chi connectivity index (χ1n) is 6.66. The zero-order valence-corrected chi connectivity index (χ0v) is 12.9.